The number of allylic oxidation sites excluding steroid dienone is 2. The molecule has 8 heteroatoms. The molecule has 0 saturated heterocycles. The van der Waals surface area contributed by atoms with Crippen molar-refractivity contribution >= 4 is 51.5 Å². The van der Waals surface area contributed by atoms with E-state index in [9.17, 15) is 9.59 Å². The number of Topliss-reactive ketones (excluding diaryl/α,β-unsaturated/α-hetero) is 2. The number of carbonyl (C=O) groups is 2. The Morgan fingerprint density at radius 1 is 0.933 bits per heavy atom. The van der Waals surface area contributed by atoms with Crippen LogP contribution in [-0.2, 0) is 9.59 Å². The molecule has 0 amide bonds. The third-order valence-corrected chi connectivity index (χ3v) is 7.91. The van der Waals surface area contributed by atoms with Gasteiger partial charge in [-0.2, -0.15) is 5.10 Å². The van der Waals surface area contributed by atoms with Crippen LogP contribution in [0, 0.1) is 0 Å². The molecule has 0 aliphatic carbocycles. The van der Waals surface area contributed by atoms with Gasteiger partial charge < -0.3 is 9.64 Å². The molecule has 0 saturated carbocycles. The van der Waals surface area contributed by atoms with E-state index in [0.29, 0.717) is 9.95 Å². The molecule has 4 rings (SSSR count). The normalized spacial score (nSPS) is 20.7. The molecule has 0 bridgehead atoms. The maximum absolute atomic E-state index is 12.5. The predicted octanol–water partition coefficient (Wildman–Crippen LogP) is 4.84. The fourth-order valence-corrected chi connectivity index (χ4v) is 6.41. The van der Waals surface area contributed by atoms with Gasteiger partial charge in [-0.3, -0.25) is 9.59 Å². The summed E-state index contributed by atoms with van der Waals surface area (Å²) in [5.41, 5.74) is 2.56. The van der Waals surface area contributed by atoms with Gasteiger partial charge in [-0.1, -0.05) is 30.0 Å². The molecule has 30 heavy (non-hydrogen) atoms. The van der Waals surface area contributed by atoms with Crippen molar-refractivity contribution in [3.63, 3.8) is 0 Å². The van der Waals surface area contributed by atoms with Gasteiger partial charge in [0.25, 0.3) is 0 Å². The minimum atomic E-state index is -0.859. The molecule has 6 nitrogen and oxygen atoms in total. The predicted molar refractivity (Wildman–Crippen MR) is 124 cm³/mol. The molecule has 1 atom stereocenters. The highest BCUT2D eigenvalue weighted by Crippen LogP contribution is 2.60. The van der Waals surface area contributed by atoms with Crippen molar-refractivity contribution in [2.75, 3.05) is 17.0 Å². The lowest BCUT2D eigenvalue weighted by Crippen LogP contribution is -2.49. The zero-order valence-electron chi connectivity index (χ0n) is 17.1. The SMILES string of the molecule is COc1ccc(N2N=C(C(C)=O)S[C@@]23SC(C(C)=O)=C(C)N3c2ccccc2)cc1. The zero-order chi connectivity index (χ0) is 21.5. The molecular formula is C22H21N3O3S2. The average Bonchev–Trinajstić information content (AvgIpc) is 3.27. The van der Waals surface area contributed by atoms with Gasteiger partial charge in [0.15, 0.2) is 16.6 Å². The van der Waals surface area contributed by atoms with Gasteiger partial charge in [-0.15, -0.1) is 0 Å². The molecule has 0 unspecified atom stereocenters. The van der Waals surface area contributed by atoms with Crippen LogP contribution in [0.5, 0.6) is 5.75 Å². The number of rotatable bonds is 5. The molecular weight excluding hydrogens is 418 g/mol. The topological polar surface area (TPSA) is 62.2 Å². The molecule has 0 fully saturated rings. The third-order valence-electron chi connectivity index (χ3n) is 4.82. The summed E-state index contributed by atoms with van der Waals surface area (Å²) < 4.78 is 4.42. The lowest BCUT2D eigenvalue weighted by molar-refractivity contribution is -0.113. The molecule has 0 aromatic heterocycles. The van der Waals surface area contributed by atoms with Crippen molar-refractivity contribution in [1.82, 2.24) is 0 Å². The maximum atomic E-state index is 12.5. The molecule has 154 valence electrons. The van der Waals surface area contributed by atoms with Crippen LogP contribution in [-0.4, -0.2) is 28.0 Å². The summed E-state index contributed by atoms with van der Waals surface area (Å²) >= 11 is 2.78. The van der Waals surface area contributed by atoms with Crippen molar-refractivity contribution in [2.45, 2.75) is 25.1 Å². The molecule has 2 aromatic rings. The van der Waals surface area contributed by atoms with Crippen LogP contribution >= 0.6 is 23.5 Å². The van der Waals surface area contributed by atoms with E-state index in [1.54, 1.807) is 14.0 Å². The van der Waals surface area contributed by atoms with Crippen LogP contribution in [0.1, 0.15) is 20.8 Å². The summed E-state index contributed by atoms with van der Waals surface area (Å²) in [6, 6.07) is 17.4. The second kappa shape index (κ2) is 7.85. The van der Waals surface area contributed by atoms with E-state index >= 15 is 0 Å². The van der Waals surface area contributed by atoms with Gasteiger partial charge in [0, 0.05) is 18.3 Å². The minimum Gasteiger partial charge on any atom is -0.497 e. The van der Waals surface area contributed by atoms with E-state index in [2.05, 4.69) is 10.0 Å². The van der Waals surface area contributed by atoms with E-state index in [1.807, 2.05) is 66.5 Å². The van der Waals surface area contributed by atoms with Crippen LogP contribution in [0.25, 0.3) is 0 Å². The minimum absolute atomic E-state index is 0.0122. The van der Waals surface area contributed by atoms with Gasteiger partial charge >= 0.3 is 0 Å². The number of nitrogens with zero attached hydrogens (tertiary/aromatic N) is 3. The highest BCUT2D eigenvalue weighted by Gasteiger charge is 2.57. The number of anilines is 2. The quantitative estimate of drug-likeness (QED) is 0.661. The van der Waals surface area contributed by atoms with E-state index in [1.165, 1.54) is 30.4 Å². The van der Waals surface area contributed by atoms with E-state index < -0.39 is 4.33 Å². The van der Waals surface area contributed by atoms with Crippen molar-refractivity contribution in [1.29, 1.82) is 0 Å². The third kappa shape index (κ3) is 3.30. The molecule has 2 aliphatic rings. The number of ketones is 2. The summed E-state index contributed by atoms with van der Waals surface area (Å²) in [5, 5.41) is 6.90. The summed E-state index contributed by atoms with van der Waals surface area (Å²) in [7, 11) is 1.62. The van der Waals surface area contributed by atoms with E-state index in [-0.39, 0.29) is 11.6 Å². The summed E-state index contributed by atoms with van der Waals surface area (Å²) in [4.78, 5) is 27.5. The van der Waals surface area contributed by atoms with Crippen molar-refractivity contribution in [3.05, 3.63) is 65.2 Å². The van der Waals surface area contributed by atoms with Crippen molar-refractivity contribution in [3.8, 4) is 5.75 Å². The van der Waals surface area contributed by atoms with Gasteiger partial charge in [0.1, 0.15) is 5.75 Å². The smallest absolute Gasteiger partial charge is 0.245 e. The van der Waals surface area contributed by atoms with Crippen molar-refractivity contribution in [2.24, 2.45) is 5.10 Å². The molecule has 0 radical (unpaired) electrons. The number of methoxy groups -OCH3 is 1. The largest absolute Gasteiger partial charge is 0.497 e. The zero-order valence-corrected chi connectivity index (χ0v) is 18.7. The van der Waals surface area contributed by atoms with E-state index in [0.717, 1.165) is 22.8 Å². The van der Waals surface area contributed by atoms with Gasteiger partial charge in [0.05, 0.1) is 17.7 Å². The highest BCUT2D eigenvalue weighted by molar-refractivity contribution is 8.29. The maximum Gasteiger partial charge on any atom is 0.245 e. The van der Waals surface area contributed by atoms with Gasteiger partial charge in [0.2, 0.25) is 4.33 Å². The lowest BCUT2D eigenvalue weighted by Gasteiger charge is -2.41. The Bertz CT molecular complexity index is 1070. The fourth-order valence-electron chi connectivity index (χ4n) is 3.46. The number of para-hydroxylation sites is 1. The molecule has 2 aliphatic heterocycles. The second-order valence-electron chi connectivity index (χ2n) is 6.87. The van der Waals surface area contributed by atoms with Crippen molar-refractivity contribution < 1.29 is 14.3 Å². The Hall–Kier alpha value is -2.71. The standard InChI is InChI=1S/C22H21N3O3S2/c1-14-20(15(2)26)29-22(24(14)17-8-6-5-7-9-17)25(23-21(30-22)16(3)27)18-10-12-19(28-4)13-11-18/h5-13H,1-4H3/t22-/m1/s1. The van der Waals surface area contributed by atoms with Crippen LogP contribution in [0.3, 0.4) is 0 Å². The Balaban J connectivity index is 1.89. The fraction of sp³-hybridized carbons (Fsp3) is 0.227. The molecule has 2 aromatic carbocycles. The first kappa shape index (κ1) is 20.6. The molecule has 0 N–H and O–H groups in total. The lowest BCUT2D eigenvalue weighted by atomic mass is 10.2. The van der Waals surface area contributed by atoms with Gasteiger partial charge in [-0.05, 0) is 62.0 Å². The Morgan fingerprint density at radius 3 is 2.17 bits per heavy atom. The summed E-state index contributed by atoms with van der Waals surface area (Å²) in [6.07, 6.45) is 0. The first-order valence-corrected chi connectivity index (χ1v) is 11.0. The number of hydrogen-bond donors (Lipinski definition) is 0. The first-order chi connectivity index (χ1) is 14.4. The number of carbonyl (C=O) groups excluding carboxylic acids is 2. The Morgan fingerprint density at radius 2 is 1.60 bits per heavy atom. The average molecular weight is 440 g/mol. The monoisotopic (exact) mass is 439 g/mol. The number of ether oxygens (including phenoxy) is 1. The van der Waals surface area contributed by atoms with Gasteiger partial charge in [-0.25, -0.2) is 5.01 Å². The highest BCUT2D eigenvalue weighted by atomic mass is 32.2. The Kier molecular flexibility index (Phi) is 5.38. The first-order valence-electron chi connectivity index (χ1n) is 9.36. The summed E-state index contributed by atoms with van der Waals surface area (Å²) in [5.74, 6) is 0.605. The van der Waals surface area contributed by atoms with Crippen LogP contribution < -0.4 is 14.6 Å². The number of hydrazone groups is 1. The second-order valence-corrected chi connectivity index (χ2v) is 9.47. The van der Waals surface area contributed by atoms with Crippen LogP contribution in [0.4, 0.5) is 11.4 Å². The number of thioether (sulfide) groups is 2. The van der Waals surface area contributed by atoms with E-state index in [4.69, 9.17) is 4.74 Å². The molecule has 1 spiro atoms. The van der Waals surface area contributed by atoms with Crippen LogP contribution in [0.15, 0.2) is 70.3 Å². The number of benzene rings is 2. The Labute approximate surface area is 184 Å². The van der Waals surface area contributed by atoms with Crippen LogP contribution in [0.2, 0.25) is 0 Å². The molecule has 2 heterocycles. The number of hydrogen-bond acceptors (Lipinski definition) is 8. The summed E-state index contributed by atoms with van der Waals surface area (Å²) in [6.45, 7) is 5.01.